The van der Waals surface area contributed by atoms with Crippen LogP contribution in [0.25, 0.3) is 0 Å². The minimum atomic E-state index is -0.0436. The quantitative estimate of drug-likeness (QED) is 0.706. The SMILES string of the molecule is CCN(CCC(C)(C)OC)C(C)(C)CN. The third-order valence-corrected chi connectivity index (χ3v) is 3.27. The Morgan fingerprint density at radius 2 is 1.73 bits per heavy atom. The molecule has 0 spiro atoms. The molecule has 3 nitrogen and oxygen atoms in total. The van der Waals surface area contributed by atoms with E-state index in [0.717, 1.165) is 19.5 Å². The summed E-state index contributed by atoms with van der Waals surface area (Å²) in [6.45, 7) is 13.6. The fourth-order valence-electron chi connectivity index (χ4n) is 1.52. The van der Waals surface area contributed by atoms with Crippen LogP contribution >= 0.6 is 0 Å². The van der Waals surface area contributed by atoms with Crippen LogP contribution in [-0.2, 0) is 4.74 Å². The van der Waals surface area contributed by atoms with Gasteiger partial charge in [-0.2, -0.15) is 0 Å². The van der Waals surface area contributed by atoms with Crippen LogP contribution in [-0.4, -0.2) is 42.8 Å². The predicted octanol–water partition coefficient (Wildman–Crippen LogP) is 1.86. The standard InChI is InChI=1S/C12H28N2O/c1-7-14(11(2,3)10-13)9-8-12(4,5)15-6/h7-10,13H2,1-6H3. The van der Waals surface area contributed by atoms with Crippen molar-refractivity contribution in [2.75, 3.05) is 26.7 Å². The molecular formula is C12H28N2O. The molecule has 0 aliphatic heterocycles. The third kappa shape index (κ3) is 4.96. The number of nitrogens with zero attached hydrogens (tertiary/aromatic N) is 1. The summed E-state index contributed by atoms with van der Waals surface area (Å²) < 4.78 is 5.42. The van der Waals surface area contributed by atoms with Crippen molar-refractivity contribution < 1.29 is 4.74 Å². The predicted molar refractivity (Wildman–Crippen MR) is 66.1 cm³/mol. The summed E-state index contributed by atoms with van der Waals surface area (Å²) in [5, 5.41) is 0. The van der Waals surface area contributed by atoms with E-state index in [9.17, 15) is 0 Å². The summed E-state index contributed by atoms with van der Waals surface area (Å²) in [6, 6.07) is 0. The molecule has 0 aromatic rings. The average Bonchev–Trinajstić information content (AvgIpc) is 2.18. The molecule has 0 atom stereocenters. The first-order valence-electron chi connectivity index (χ1n) is 5.79. The average molecular weight is 216 g/mol. The van der Waals surface area contributed by atoms with E-state index in [2.05, 4.69) is 39.5 Å². The molecule has 92 valence electrons. The molecule has 0 saturated carbocycles. The number of ether oxygens (including phenoxy) is 1. The maximum atomic E-state index is 5.78. The molecule has 3 heteroatoms. The number of rotatable bonds is 7. The van der Waals surface area contributed by atoms with Crippen LogP contribution < -0.4 is 5.73 Å². The monoisotopic (exact) mass is 216 g/mol. The third-order valence-electron chi connectivity index (χ3n) is 3.27. The van der Waals surface area contributed by atoms with Crippen molar-refractivity contribution in [2.24, 2.45) is 5.73 Å². The van der Waals surface area contributed by atoms with Crippen LogP contribution in [0.3, 0.4) is 0 Å². The fourth-order valence-corrected chi connectivity index (χ4v) is 1.52. The largest absolute Gasteiger partial charge is 0.379 e. The van der Waals surface area contributed by atoms with Crippen LogP contribution in [0.2, 0.25) is 0 Å². The zero-order valence-corrected chi connectivity index (χ0v) is 11.3. The van der Waals surface area contributed by atoms with E-state index in [1.807, 2.05) is 0 Å². The van der Waals surface area contributed by atoms with E-state index in [0.29, 0.717) is 6.54 Å². The van der Waals surface area contributed by atoms with Crippen LogP contribution in [0.5, 0.6) is 0 Å². The van der Waals surface area contributed by atoms with Gasteiger partial charge in [0.15, 0.2) is 0 Å². The molecule has 0 fully saturated rings. The van der Waals surface area contributed by atoms with Gasteiger partial charge >= 0.3 is 0 Å². The number of hydrogen-bond donors (Lipinski definition) is 1. The Balaban J connectivity index is 4.24. The molecule has 0 saturated heterocycles. The zero-order chi connectivity index (χ0) is 12.1. The van der Waals surface area contributed by atoms with Gasteiger partial charge in [-0.1, -0.05) is 6.92 Å². The highest BCUT2D eigenvalue weighted by Crippen LogP contribution is 2.18. The first-order valence-corrected chi connectivity index (χ1v) is 5.79. The van der Waals surface area contributed by atoms with Crippen molar-refractivity contribution in [2.45, 2.75) is 52.2 Å². The van der Waals surface area contributed by atoms with Gasteiger partial charge in [-0.15, -0.1) is 0 Å². The first-order chi connectivity index (χ1) is 6.79. The van der Waals surface area contributed by atoms with Crippen molar-refractivity contribution in [1.82, 2.24) is 4.90 Å². The normalized spacial score (nSPS) is 13.6. The Morgan fingerprint density at radius 3 is 2.07 bits per heavy atom. The van der Waals surface area contributed by atoms with Gasteiger partial charge in [-0.05, 0) is 40.7 Å². The molecule has 15 heavy (non-hydrogen) atoms. The molecule has 0 aromatic heterocycles. The molecule has 0 amide bonds. The second-order valence-corrected chi connectivity index (χ2v) is 5.31. The molecular weight excluding hydrogens is 188 g/mol. The molecule has 0 rings (SSSR count). The molecule has 0 aliphatic carbocycles. The van der Waals surface area contributed by atoms with Crippen molar-refractivity contribution in [3.8, 4) is 0 Å². The summed E-state index contributed by atoms with van der Waals surface area (Å²) >= 11 is 0. The highest BCUT2D eigenvalue weighted by atomic mass is 16.5. The first kappa shape index (κ1) is 14.9. The number of methoxy groups -OCH3 is 1. The minimum Gasteiger partial charge on any atom is -0.379 e. The lowest BCUT2D eigenvalue weighted by Gasteiger charge is -2.38. The molecule has 2 N–H and O–H groups in total. The van der Waals surface area contributed by atoms with Gasteiger partial charge < -0.3 is 10.5 Å². The fraction of sp³-hybridized carbons (Fsp3) is 1.00. The van der Waals surface area contributed by atoms with Crippen molar-refractivity contribution in [3.05, 3.63) is 0 Å². The van der Waals surface area contributed by atoms with E-state index in [-0.39, 0.29) is 11.1 Å². The second-order valence-electron chi connectivity index (χ2n) is 5.31. The summed E-state index contributed by atoms with van der Waals surface area (Å²) in [6.07, 6.45) is 1.03. The van der Waals surface area contributed by atoms with Crippen LogP contribution in [0.4, 0.5) is 0 Å². The van der Waals surface area contributed by atoms with Crippen LogP contribution in [0, 0.1) is 0 Å². The van der Waals surface area contributed by atoms with E-state index >= 15 is 0 Å². The Hall–Kier alpha value is -0.120. The molecule has 0 aromatic carbocycles. The lowest BCUT2D eigenvalue weighted by molar-refractivity contribution is -0.00103. The van der Waals surface area contributed by atoms with Gasteiger partial charge in [-0.3, -0.25) is 4.90 Å². The minimum absolute atomic E-state index is 0.0436. The van der Waals surface area contributed by atoms with Gasteiger partial charge in [0.2, 0.25) is 0 Å². The van der Waals surface area contributed by atoms with Crippen molar-refractivity contribution in [1.29, 1.82) is 0 Å². The van der Waals surface area contributed by atoms with E-state index < -0.39 is 0 Å². The highest BCUT2D eigenvalue weighted by molar-refractivity contribution is 4.83. The molecule has 0 bridgehead atoms. The number of nitrogens with two attached hydrogens (primary N) is 1. The molecule has 0 unspecified atom stereocenters. The Morgan fingerprint density at radius 1 is 1.20 bits per heavy atom. The Labute approximate surface area is 95.0 Å². The summed E-state index contributed by atoms with van der Waals surface area (Å²) in [5.41, 5.74) is 5.82. The van der Waals surface area contributed by atoms with Gasteiger partial charge in [0, 0.05) is 25.7 Å². The lowest BCUT2D eigenvalue weighted by atomic mass is 9.99. The van der Waals surface area contributed by atoms with Crippen LogP contribution in [0.1, 0.15) is 41.0 Å². The maximum absolute atomic E-state index is 5.78. The van der Waals surface area contributed by atoms with E-state index in [1.54, 1.807) is 7.11 Å². The van der Waals surface area contributed by atoms with Gasteiger partial charge in [0.05, 0.1) is 5.60 Å². The topological polar surface area (TPSA) is 38.5 Å². The van der Waals surface area contributed by atoms with Gasteiger partial charge in [-0.25, -0.2) is 0 Å². The molecule has 0 aliphatic rings. The number of hydrogen-bond acceptors (Lipinski definition) is 3. The molecule has 0 heterocycles. The summed E-state index contributed by atoms with van der Waals surface area (Å²) in [5.74, 6) is 0. The Bertz CT molecular complexity index is 178. The van der Waals surface area contributed by atoms with Crippen molar-refractivity contribution >= 4 is 0 Å². The zero-order valence-electron chi connectivity index (χ0n) is 11.3. The number of likely N-dealkylation sites (N-methyl/N-ethyl adjacent to an activating group) is 1. The van der Waals surface area contributed by atoms with Gasteiger partial charge in [0.1, 0.15) is 0 Å². The van der Waals surface area contributed by atoms with Crippen LogP contribution in [0.15, 0.2) is 0 Å². The second kappa shape index (κ2) is 5.83. The summed E-state index contributed by atoms with van der Waals surface area (Å²) in [4.78, 5) is 2.41. The highest BCUT2D eigenvalue weighted by Gasteiger charge is 2.26. The summed E-state index contributed by atoms with van der Waals surface area (Å²) in [7, 11) is 1.77. The lowest BCUT2D eigenvalue weighted by Crippen LogP contribution is -2.50. The van der Waals surface area contributed by atoms with Gasteiger partial charge in [0.25, 0.3) is 0 Å². The maximum Gasteiger partial charge on any atom is 0.0634 e. The smallest absolute Gasteiger partial charge is 0.0634 e. The van der Waals surface area contributed by atoms with Crippen molar-refractivity contribution in [3.63, 3.8) is 0 Å². The molecule has 0 radical (unpaired) electrons. The Kier molecular flexibility index (Phi) is 5.78. The van der Waals surface area contributed by atoms with E-state index in [1.165, 1.54) is 0 Å². The van der Waals surface area contributed by atoms with E-state index in [4.69, 9.17) is 10.5 Å².